The molecular formula is C46H27N5S2. The fourth-order valence-electron chi connectivity index (χ4n) is 7.46. The molecule has 7 heteroatoms. The number of aromatic nitrogens is 5. The average Bonchev–Trinajstić information content (AvgIpc) is 3.92. The molecule has 0 spiro atoms. The third kappa shape index (κ3) is 4.89. The molecule has 0 aliphatic carbocycles. The van der Waals surface area contributed by atoms with Crippen LogP contribution in [-0.2, 0) is 0 Å². The number of para-hydroxylation sites is 3. The maximum Gasteiger partial charge on any atom is 0.164 e. The fraction of sp³-hybridized carbons (Fsp3) is 0. The van der Waals surface area contributed by atoms with Crippen LogP contribution in [0.3, 0.4) is 0 Å². The van der Waals surface area contributed by atoms with E-state index in [1.54, 1.807) is 11.3 Å². The van der Waals surface area contributed by atoms with Gasteiger partial charge in [-0.3, -0.25) is 4.57 Å². The van der Waals surface area contributed by atoms with E-state index in [1.807, 2.05) is 35.6 Å². The highest BCUT2D eigenvalue weighted by Gasteiger charge is 2.21. The van der Waals surface area contributed by atoms with Crippen molar-refractivity contribution in [3.63, 3.8) is 0 Å². The summed E-state index contributed by atoms with van der Waals surface area (Å²) >= 11 is 3.60. The monoisotopic (exact) mass is 713 g/mol. The van der Waals surface area contributed by atoms with Gasteiger partial charge in [0.1, 0.15) is 5.82 Å². The van der Waals surface area contributed by atoms with E-state index < -0.39 is 0 Å². The van der Waals surface area contributed by atoms with Gasteiger partial charge in [-0.15, -0.1) is 22.7 Å². The smallest absolute Gasteiger partial charge is 0.164 e. The Bertz CT molecular complexity index is 3180. The lowest BCUT2D eigenvalue weighted by molar-refractivity contribution is 1.08. The van der Waals surface area contributed by atoms with Crippen molar-refractivity contribution in [1.29, 1.82) is 0 Å². The van der Waals surface area contributed by atoms with E-state index in [0.29, 0.717) is 17.5 Å². The van der Waals surface area contributed by atoms with Gasteiger partial charge in [-0.25, -0.2) is 19.9 Å². The van der Waals surface area contributed by atoms with Crippen molar-refractivity contribution < 1.29 is 0 Å². The second kappa shape index (κ2) is 12.0. The van der Waals surface area contributed by atoms with E-state index >= 15 is 0 Å². The Balaban J connectivity index is 1.14. The molecule has 4 aromatic heterocycles. The maximum absolute atomic E-state index is 5.24. The normalized spacial score (nSPS) is 11.8. The minimum Gasteiger partial charge on any atom is -0.292 e. The van der Waals surface area contributed by atoms with Crippen molar-refractivity contribution in [2.24, 2.45) is 0 Å². The summed E-state index contributed by atoms with van der Waals surface area (Å²) in [6.07, 6.45) is 0. The molecule has 0 unspecified atom stereocenters. The van der Waals surface area contributed by atoms with Crippen LogP contribution in [0.15, 0.2) is 164 Å². The number of imidazole rings is 1. The van der Waals surface area contributed by atoms with Crippen LogP contribution in [0.4, 0.5) is 0 Å². The highest BCUT2D eigenvalue weighted by atomic mass is 32.1. The van der Waals surface area contributed by atoms with Gasteiger partial charge in [0.05, 0.1) is 11.0 Å². The molecule has 0 fully saturated rings. The number of benzene rings is 7. The van der Waals surface area contributed by atoms with Crippen molar-refractivity contribution in [2.75, 3.05) is 0 Å². The number of hydrogen-bond acceptors (Lipinski definition) is 6. The Hall–Kier alpha value is -6.54. The van der Waals surface area contributed by atoms with Crippen LogP contribution in [0.1, 0.15) is 0 Å². The lowest BCUT2D eigenvalue weighted by Crippen LogP contribution is -2.00. The third-order valence-corrected chi connectivity index (χ3v) is 12.2. The predicted octanol–water partition coefficient (Wildman–Crippen LogP) is 12.6. The standard InChI is InChI=1S/C46H27N5S2/c1-3-13-28(14-4-1)43-48-44(29-25-26-39-35(27-29)31-17-7-10-23-38(31)52-39)50-45(49-43)33-19-12-24-40-41(33)32-18-11-20-34(42(32)53-40)46-47-36-21-8-9-22-37(36)51(46)30-15-5-2-6-16-30/h1-27H. The van der Waals surface area contributed by atoms with Gasteiger partial charge >= 0.3 is 0 Å². The zero-order chi connectivity index (χ0) is 34.9. The molecule has 0 aliphatic heterocycles. The summed E-state index contributed by atoms with van der Waals surface area (Å²) in [7, 11) is 0. The van der Waals surface area contributed by atoms with Gasteiger partial charge in [0.25, 0.3) is 0 Å². The lowest BCUT2D eigenvalue weighted by atomic mass is 10.0. The average molecular weight is 714 g/mol. The Kier molecular flexibility index (Phi) is 6.83. The van der Waals surface area contributed by atoms with Crippen LogP contribution < -0.4 is 0 Å². The summed E-state index contributed by atoms with van der Waals surface area (Å²) in [5, 5.41) is 4.75. The van der Waals surface area contributed by atoms with E-state index in [-0.39, 0.29) is 0 Å². The molecule has 0 bridgehead atoms. The molecule has 4 heterocycles. The molecule has 0 aliphatic rings. The quantitative estimate of drug-likeness (QED) is 0.178. The van der Waals surface area contributed by atoms with Gasteiger partial charge in [-0.2, -0.15) is 0 Å². The number of hydrogen-bond donors (Lipinski definition) is 0. The molecule has 11 rings (SSSR count). The van der Waals surface area contributed by atoms with E-state index in [1.165, 1.54) is 29.6 Å². The summed E-state index contributed by atoms with van der Waals surface area (Å²) in [5.74, 6) is 2.87. The van der Waals surface area contributed by atoms with Gasteiger partial charge in [0.2, 0.25) is 0 Å². The van der Waals surface area contributed by atoms with Crippen LogP contribution >= 0.6 is 22.7 Å². The van der Waals surface area contributed by atoms with Crippen molar-refractivity contribution in [1.82, 2.24) is 24.5 Å². The summed E-state index contributed by atoms with van der Waals surface area (Å²) in [5.41, 5.74) is 7.10. The molecule has 11 aromatic rings. The summed E-state index contributed by atoms with van der Waals surface area (Å²) < 4.78 is 7.14. The van der Waals surface area contributed by atoms with Crippen LogP contribution in [0.25, 0.3) is 103 Å². The summed E-state index contributed by atoms with van der Waals surface area (Å²) in [4.78, 5) is 20.7. The Labute approximate surface area is 312 Å². The first kappa shape index (κ1) is 30.1. The first-order chi connectivity index (χ1) is 26.3. The van der Waals surface area contributed by atoms with Crippen LogP contribution in [0.2, 0.25) is 0 Å². The third-order valence-electron chi connectivity index (χ3n) is 9.88. The number of nitrogens with zero attached hydrogens (tertiary/aromatic N) is 5. The highest BCUT2D eigenvalue weighted by Crippen LogP contribution is 2.44. The molecule has 0 amide bonds. The van der Waals surface area contributed by atoms with Gasteiger partial charge in [-0.1, -0.05) is 103 Å². The SMILES string of the molecule is c1ccc(-c2nc(-c3ccc4sc5ccccc5c4c3)nc(-c3cccc4sc5c(-c6nc7ccccc7n6-c6ccccc6)cccc5c34)n2)cc1. The van der Waals surface area contributed by atoms with E-state index in [2.05, 4.69) is 144 Å². The Morgan fingerprint density at radius 1 is 0.415 bits per heavy atom. The summed E-state index contributed by atoms with van der Waals surface area (Å²) in [6.45, 7) is 0. The minimum absolute atomic E-state index is 0.648. The van der Waals surface area contributed by atoms with E-state index in [9.17, 15) is 0 Å². The number of fused-ring (bicyclic) bond motifs is 7. The highest BCUT2D eigenvalue weighted by molar-refractivity contribution is 7.26. The van der Waals surface area contributed by atoms with Crippen LogP contribution in [-0.4, -0.2) is 24.5 Å². The second-order valence-electron chi connectivity index (χ2n) is 13.0. The molecule has 0 saturated heterocycles. The Morgan fingerprint density at radius 3 is 1.96 bits per heavy atom. The lowest BCUT2D eigenvalue weighted by Gasteiger charge is -2.11. The van der Waals surface area contributed by atoms with Gasteiger partial charge in [0.15, 0.2) is 17.5 Å². The molecule has 0 atom stereocenters. The Morgan fingerprint density at radius 2 is 1.08 bits per heavy atom. The van der Waals surface area contributed by atoms with Crippen molar-refractivity contribution >= 4 is 74.1 Å². The van der Waals surface area contributed by atoms with Crippen LogP contribution in [0, 0.1) is 0 Å². The van der Waals surface area contributed by atoms with Crippen LogP contribution in [0.5, 0.6) is 0 Å². The van der Waals surface area contributed by atoms with Crippen molar-refractivity contribution in [2.45, 2.75) is 0 Å². The molecule has 248 valence electrons. The molecule has 5 nitrogen and oxygen atoms in total. The second-order valence-corrected chi connectivity index (χ2v) is 15.2. The van der Waals surface area contributed by atoms with Gasteiger partial charge in [0, 0.05) is 68.3 Å². The fourth-order valence-corrected chi connectivity index (χ4v) is 9.79. The zero-order valence-electron chi connectivity index (χ0n) is 28.1. The predicted molar refractivity (Wildman–Crippen MR) is 222 cm³/mol. The largest absolute Gasteiger partial charge is 0.292 e. The molecular weight excluding hydrogens is 687 g/mol. The minimum atomic E-state index is 0.648. The van der Waals surface area contributed by atoms with Gasteiger partial charge in [-0.05, 0) is 60.7 Å². The first-order valence-electron chi connectivity index (χ1n) is 17.5. The molecule has 7 aromatic carbocycles. The number of thiophene rings is 2. The maximum atomic E-state index is 5.24. The topological polar surface area (TPSA) is 56.5 Å². The molecule has 0 N–H and O–H groups in total. The zero-order valence-corrected chi connectivity index (χ0v) is 29.8. The van der Waals surface area contributed by atoms with Crippen molar-refractivity contribution in [3.05, 3.63) is 164 Å². The first-order valence-corrected chi connectivity index (χ1v) is 19.1. The van der Waals surface area contributed by atoms with E-state index in [0.717, 1.165) is 55.6 Å². The summed E-state index contributed by atoms with van der Waals surface area (Å²) in [6, 6.07) is 57.2. The molecule has 0 radical (unpaired) electrons. The van der Waals surface area contributed by atoms with Gasteiger partial charge < -0.3 is 0 Å². The number of rotatable bonds is 5. The molecule has 53 heavy (non-hydrogen) atoms. The van der Waals surface area contributed by atoms with Crippen molar-refractivity contribution in [3.8, 4) is 51.2 Å². The van der Waals surface area contributed by atoms with E-state index in [4.69, 9.17) is 19.9 Å². The molecule has 0 saturated carbocycles.